The Balaban J connectivity index is 2.06. The maximum atomic E-state index is 12.2. The topological polar surface area (TPSA) is 93.5 Å². The number of hydrogen-bond donors (Lipinski definition) is 1. The van der Waals surface area contributed by atoms with Crippen molar-refractivity contribution in [3.05, 3.63) is 46.9 Å². The van der Waals surface area contributed by atoms with E-state index in [1.54, 1.807) is 26.0 Å². The van der Waals surface area contributed by atoms with Crippen molar-refractivity contribution >= 4 is 27.2 Å². The van der Waals surface area contributed by atoms with Gasteiger partial charge in [0.25, 0.3) is 0 Å². The quantitative estimate of drug-likeness (QED) is 0.796. The molecular weight excluding hydrogens is 342 g/mol. The SMILES string of the molecule is CC(=O)c1cc(CCC(=O)Nc2cc(S(C)(=O)=O)ccc2C)oc1C. The Morgan fingerprint density at radius 3 is 2.40 bits per heavy atom. The average Bonchev–Trinajstić information content (AvgIpc) is 2.87. The molecule has 2 rings (SSSR count). The fraction of sp³-hybridized carbons (Fsp3) is 0.333. The van der Waals surface area contributed by atoms with E-state index in [2.05, 4.69) is 5.32 Å². The van der Waals surface area contributed by atoms with Crippen molar-refractivity contribution in [1.29, 1.82) is 0 Å². The van der Waals surface area contributed by atoms with Gasteiger partial charge < -0.3 is 9.73 Å². The Kier molecular flexibility index (Phi) is 5.47. The maximum Gasteiger partial charge on any atom is 0.224 e. The van der Waals surface area contributed by atoms with Crippen LogP contribution in [0.15, 0.2) is 33.6 Å². The van der Waals surface area contributed by atoms with Gasteiger partial charge in [0.05, 0.1) is 10.5 Å². The van der Waals surface area contributed by atoms with E-state index in [1.807, 2.05) is 0 Å². The minimum Gasteiger partial charge on any atom is -0.466 e. The van der Waals surface area contributed by atoms with Gasteiger partial charge in [0.15, 0.2) is 15.6 Å². The summed E-state index contributed by atoms with van der Waals surface area (Å²) >= 11 is 0. The van der Waals surface area contributed by atoms with Crippen LogP contribution in [0.25, 0.3) is 0 Å². The number of carbonyl (C=O) groups excluding carboxylic acids is 2. The first-order chi connectivity index (χ1) is 11.6. The first-order valence-corrected chi connectivity index (χ1v) is 9.68. The highest BCUT2D eigenvalue weighted by Crippen LogP contribution is 2.21. The molecule has 0 aliphatic carbocycles. The van der Waals surface area contributed by atoms with Crippen LogP contribution in [0.2, 0.25) is 0 Å². The maximum absolute atomic E-state index is 12.2. The number of ketones is 1. The Bertz CT molecular complexity index is 925. The number of nitrogens with one attached hydrogen (secondary N) is 1. The van der Waals surface area contributed by atoms with Crippen LogP contribution < -0.4 is 5.32 Å². The molecule has 0 atom stereocenters. The molecule has 0 spiro atoms. The van der Waals surface area contributed by atoms with Crippen LogP contribution >= 0.6 is 0 Å². The van der Waals surface area contributed by atoms with Gasteiger partial charge >= 0.3 is 0 Å². The highest BCUT2D eigenvalue weighted by molar-refractivity contribution is 7.90. The van der Waals surface area contributed by atoms with Gasteiger partial charge in [0.1, 0.15) is 11.5 Å². The molecule has 1 aromatic heterocycles. The number of anilines is 1. The van der Waals surface area contributed by atoms with Crippen molar-refractivity contribution in [3.8, 4) is 0 Å². The molecule has 1 amide bonds. The van der Waals surface area contributed by atoms with Crippen LogP contribution in [0, 0.1) is 13.8 Å². The number of benzene rings is 1. The second kappa shape index (κ2) is 7.23. The van der Waals surface area contributed by atoms with Crippen LogP contribution in [0.1, 0.15) is 40.8 Å². The van der Waals surface area contributed by atoms with Crippen molar-refractivity contribution in [2.45, 2.75) is 38.5 Å². The van der Waals surface area contributed by atoms with E-state index >= 15 is 0 Å². The predicted molar refractivity (Wildman–Crippen MR) is 94.7 cm³/mol. The Morgan fingerprint density at radius 2 is 1.84 bits per heavy atom. The summed E-state index contributed by atoms with van der Waals surface area (Å²) in [6, 6.07) is 6.27. The van der Waals surface area contributed by atoms with Crippen molar-refractivity contribution < 1.29 is 22.4 Å². The fourth-order valence-corrected chi connectivity index (χ4v) is 3.08. The van der Waals surface area contributed by atoms with Crippen molar-refractivity contribution in [3.63, 3.8) is 0 Å². The molecule has 0 saturated carbocycles. The van der Waals surface area contributed by atoms with Crippen molar-refractivity contribution in [2.75, 3.05) is 11.6 Å². The molecule has 7 heteroatoms. The zero-order valence-corrected chi connectivity index (χ0v) is 15.5. The van der Waals surface area contributed by atoms with Gasteiger partial charge in [0.2, 0.25) is 5.91 Å². The number of sulfone groups is 1. The number of Topliss-reactive ketones (excluding diaryl/α,β-unsaturated/α-hetero) is 1. The molecule has 0 aliphatic rings. The van der Waals surface area contributed by atoms with Gasteiger partial charge in [-0.05, 0) is 44.5 Å². The molecule has 0 fully saturated rings. The summed E-state index contributed by atoms with van der Waals surface area (Å²) in [4.78, 5) is 23.7. The summed E-state index contributed by atoms with van der Waals surface area (Å²) < 4.78 is 28.7. The molecular formula is C18H21NO5S. The molecule has 0 radical (unpaired) electrons. The third-order valence-corrected chi connectivity index (χ3v) is 4.97. The van der Waals surface area contributed by atoms with Gasteiger partial charge in [-0.25, -0.2) is 8.42 Å². The Hall–Kier alpha value is -2.41. The standard InChI is InChI=1S/C18H21NO5S/c1-11-5-7-15(25(4,22)23)10-17(11)19-18(21)8-6-14-9-16(12(2)20)13(3)24-14/h5,7,9-10H,6,8H2,1-4H3,(H,19,21). The normalized spacial score (nSPS) is 11.4. The number of rotatable bonds is 6. The van der Waals surface area contributed by atoms with Gasteiger partial charge in [-0.15, -0.1) is 0 Å². The van der Waals surface area contributed by atoms with Crippen LogP contribution in [0.5, 0.6) is 0 Å². The number of furan rings is 1. The number of hydrogen-bond acceptors (Lipinski definition) is 5. The fourth-order valence-electron chi connectivity index (χ4n) is 2.43. The molecule has 6 nitrogen and oxygen atoms in total. The predicted octanol–water partition coefficient (Wildman–Crippen LogP) is 3.07. The first kappa shape index (κ1) is 18.9. The van der Waals surface area contributed by atoms with Crippen LogP contribution in [-0.2, 0) is 21.1 Å². The van der Waals surface area contributed by atoms with Gasteiger partial charge in [-0.2, -0.15) is 0 Å². The summed E-state index contributed by atoms with van der Waals surface area (Å²) in [5, 5.41) is 2.73. The lowest BCUT2D eigenvalue weighted by Crippen LogP contribution is -2.13. The highest BCUT2D eigenvalue weighted by atomic mass is 32.2. The third-order valence-electron chi connectivity index (χ3n) is 3.86. The number of aryl methyl sites for hydroxylation is 3. The third kappa shape index (κ3) is 4.79. The summed E-state index contributed by atoms with van der Waals surface area (Å²) in [5.41, 5.74) is 1.76. The monoisotopic (exact) mass is 363 g/mol. The lowest BCUT2D eigenvalue weighted by Gasteiger charge is -2.09. The highest BCUT2D eigenvalue weighted by Gasteiger charge is 2.14. The van der Waals surface area contributed by atoms with E-state index < -0.39 is 9.84 Å². The van der Waals surface area contributed by atoms with E-state index in [0.717, 1.165) is 11.8 Å². The molecule has 0 bridgehead atoms. The van der Waals surface area contributed by atoms with E-state index in [0.29, 0.717) is 29.2 Å². The van der Waals surface area contributed by atoms with Crippen molar-refractivity contribution in [1.82, 2.24) is 0 Å². The Morgan fingerprint density at radius 1 is 1.16 bits per heavy atom. The molecule has 0 aliphatic heterocycles. The van der Waals surface area contributed by atoms with Crippen molar-refractivity contribution in [2.24, 2.45) is 0 Å². The van der Waals surface area contributed by atoms with E-state index in [4.69, 9.17) is 4.42 Å². The second-order valence-corrected chi connectivity index (χ2v) is 8.05. The zero-order valence-electron chi connectivity index (χ0n) is 14.7. The average molecular weight is 363 g/mol. The van der Waals surface area contributed by atoms with E-state index in [1.165, 1.54) is 19.1 Å². The lowest BCUT2D eigenvalue weighted by molar-refractivity contribution is -0.116. The van der Waals surface area contributed by atoms with Gasteiger partial charge in [-0.1, -0.05) is 6.07 Å². The minimum atomic E-state index is -3.34. The summed E-state index contributed by atoms with van der Waals surface area (Å²) in [6.07, 6.45) is 1.63. The van der Waals surface area contributed by atoms with E-state index in [9.17, 15) is 18.0 Å². The molecule has 1 aromatic carbocycles. The largest absolute Gasteiger partial charge is 0.466 e. The molecule has 134 valence electrons. The Labute approximate surface area is 147 Å². The molecule has 1 heterocycles. The minimum absolute atomic E-state index is 0.0785. The summed E-state index contributed by atoms with van der Waals surface area (Å²) in [7, 11) is -3.34. The second-order valence-electron chi connectivity index (χ2n) is 6.04. The van der Waals surface area contributed by atoms with Crippen LogP contribution in [0.3, 0.4) is 0 Å². The van der Waals surface area contributed by atoms with Crippen LogP contribution in [0.4, 0.5) is 5.69 Å². The lowest BCUT2D eigenvalue weighted by atomic mass is 10.1. The summed E-state index contributed by atoms with van der Waals surface area (Å²) in [5.74, 6) is 0.774. The summed E-state index contributed by atoms with van der Waals surface area (Å²) in [6.45, 7) is 4.96. The molecule has 2 aromatic rings. The van der Waals surface area contributed by atoms with Gasteiger partial charge in [0, 0.05) is 24.8 Å². The number of amides is 1. The first-order valence-electron chi connectivity index (χ1n) is 7.78. The van der Waals surface area contributed by atoms with Gasteiger partial charge in [-0.3, -0.25) is 9.59 Å². The van der Waals surface area contributed by atoms with Crippen LogP contribution in [-0.4, -0.2) is 26.4 Å². The molecule has 1 N–H and O–H groups in total. The number of carbonyl (C=O) groups is 2. The van der Waals surface area contributed by atoms with E-state index in [-0.39, 0.29) is 23.0 Å². The smallest absolute Gasteiger partial charge is 0.224 e. The molecule has 25 heavy (non-hydrogen) atoms. The molecule has 0 saturated heterocycles. The molecule has 0 unspecified atom stereocenters. The zero-order chi connectivity index (χ0) is 18.8.